The molecule has 1 heterocycles. The van der Waals surface area contributed by atoms with Crippen LogP contribution in [0.25, 0.3) is 11.1 Å². The van der Waals surface area contributed by atoms with Crippen LogP contribution in [0.2, 0.25) is 0 Å². The number of non-ortho nitro benzene ring substituents is 1. The summed E-state index contributed by atoms with van der Waals surface area (Å²) in [7, 11) is 0. The van der Waals surface area contributed by atoms with E-state index in [9.17, 15) is 23.3 Å². The topological polar surface area (TPSA) is 82.7 Å². The number of nitriles is 1. The van der Waals surface area contributed by atoms with Crippen LogP contribution in [0.1, 0.15) is 11.1 Å². The van der Waals surface area contributed by atoms with Gasteiger partial charge in [-0.15, -0.1) is 0 Å². The predicted octanol–water partition coefficient (Wildman–Crippen LogP) is 3.48. The van der Waals surface area contributed by atoms with E-state index in [0.29, 0.717) is 6.07 Å². The molecule has 1 N–H and O–H groups in total. The van der Waals surface area contributed by atoms with Crippen molar-refractivity contribution in [3.63, 3.8) is 0 Å². The highest BCUT2D eigenvalue weighted by Gasteiger charge is 2.33. The number of benzene rings is 1. The maximum atomic E-state index is 12.7. The lowest BCUT2D eigenvalue weighted by molar-refractivity contribution is -0.385. The van der Waals surface area contributed by atoms with E-state index < -0.39 is 22.4 Å². The van der Waals surface area contributed by atoms with Gasteiger partial charge in [-0.25, -0.2) is 0 Å². The zero-order chi connectivity index (χ0) is 14.9. The molecule has 0 saturated heterocycles. The number of aromatic amines is 1. The van der Waals surface area contributed by atoms with Crippen LogP contribution in [0.3, 0.4) is 0 Å². The maximum absolute atomic E-state index is 12.7. The molecule has 1 aromatic carbocycles. The molecule has 0 atom stereocenters. The van der Waals surface area contributed by atoms with E-state index in [0.717, 1.165) is 12.1 Å². The first kappa shape index (κ1) is 13.6. The van der Waals surface area contributed by atoms with Crippen molar-refractivity contribution >= 4 is 5.69 Å². The van der Waals surface area contributed by atoms with E-state index in [2.05, 4.69) is 4.98 Å². The van der Waals surface area contributed by atoms with Crippen molar-refractivity contribution in [3.8, 4) is 17.2 Å². The van der Waals surface area contributed by atoms with Gasteiger partial charge in [-0.05, 0) is 11.6 Å². The first-order valence-electron chi connectivity index (χ1n) is 5.27. The van der Waals surface area contributed by atoms with Crippen LogP contribution in [-0.4, -0.2) is 9.91 Å². The number of hydrogen-bond donors (Lipinski definition) is 1. The molecule has 102 valence electrons. The van der Waals surface area contributed by atoms with Crippen LogP contribution in [-0.2, 0) is 6.18 Å². The molecule has 0 spiro atoms. The van der Waals surface area contributed by atoms with E-state index in [-0.39, 0.29) is 16.7 Å². The summed E-state index contributed by atoms with van der Waals surface area (Å²) >= 11 is 0. The summed E-state index contributed by atoms with van der Waals surface area (Å²) in [5, 5.41) is 19.6. The Labute approximate surface area is 110 Å². The molecule has 2 rings (SSSR count). The third-order valence-corrected chi connectivity index (χ3v) is 2.63. The normalized spacial score (nSPS) is 11.1. The van der Waals surface area contributed by atoms with Gasteiger partial charge in [0, 0.05) is 30.1 Å². The number of aromatic nitrogens is 1. The van der Waals surface area contributed by atoms with E-state index in [4.69, 9.17) is 5.26 Å². The van der Waals surface area contributed by atoms with Crippen LogP contribution in [0.5, 0.6) is 0 Å². The van der Waals surface area contributed by atoms with E-state index in [1.807, 2.05) is 0 Å². The second-order valence-electron chi connectivity index (χ2n) is 3.92. The largest absolute Gasteiger partial charge is 0.416 e. The van der Waals surface area contributed by atoms with Crippen molar-refractivity contribution in [3.05, 3.63) is 51.8 Å². The molecule has 1 aromatic heterocycles. The molecule has 0 fully saturated rings. The number of rotatable bonds is 2. The van der Waals surface area contributed by atoms with Crippen molar-refractivity contribution in [1.82, 2.24) is 4.98 Å². The number of nitrogens with one attached hydrogen (secondary N) is 1. The Kier molecular flexibility index (Phi) is 3.19. The Hall–Kier alpha value is -2.82. The molecule has 2 aromatic rings. The lowest BCUT2D eigenvalue weighted by atomic mass is 10.0. The van der Waals surface area contributed by atoms with Gasteiger partial charge in [-0.1, -0.05) is 0 Å². The molecule has 0 aliphatic rings. The van der Waals surface area contributed by atoms with Crippen LogP contribution in [0.4, 0.5) is 18.9 Å². The quantitative estimate of drug-likeness (QED) is 0.675. The van der Waals surface area contributed by atoms with Gasteiger partial charge in [0.25, 0.3) is 5.69 Å². The Bertz CT molecular complexity index is 713. The highest BCUT2D eigenvalue weighted by Crippen LogP contribution is 2.36. The Morgan fingerprint density at radius 2 is 1.95 bits per heavy atom. The molecule has 5 nitrogen and oxygen atoms in total. The molecule has 20 heavy (non-hydrogen) atoms. The van der Waals surface area contributed by atoms with E-state index in [1.165, 1.54) is 12.4 Å². The monoisotopic (exact) mass is 281 g/mol. The van der Waals surface area contributed by atoms with Gasteiger partial charge >= 0.3 is 6.18 Å². The van der Waals surface area contributed by atoms with Crippen molar-refractivity contribution in [2.24, 2.45) is 0 Å². The number of halogens is 3. The number of alkyl halides is 3. The lowest BCUT2D eigenvalue weighted by Gasteiger charge is -2.08. The molecule has 0 aliphatic carbocycles. The molecule has 0 radical (unpaired) electrons. The van der Waals surface area contributed by atoms with Crippen LogP contribution in [0, 0.1) is 21.4 Å². The maximum Gasteiger partial charge on any atom is 0.416 e. The molecule has 8 heteroatoms. The number of H-pyrrole nitrogens is 1. The number of nitrogens with zero attached hydrogens (tertiary/aromatic N) is 2. The summed E-state index contributed by atoms with van der Waals surface area (Å²) in [5.41, 5.74) is -1.56. The molecule has 0 aliphatic heterocycles. The fraction of sp³-hybridized carbons (Fsp3) is 0.0833. The van der Waals surface area contributed by atoms with Crippen LogP contribution < -0.4 is 0 Å². The van der Waals surface area contributed by atoms with E-state index >= 15 is 0 Å². The van der Waals surface area contributed by atoms with Crippen LogP contribution >= 0.6 is 0 Å². The third-order valence-electron chi connectivity index (χ3n) is 2.63. The lowest BCUT2D eigenvalue weighted by Crippen LogP contribution is -2.06. The van der Waals surface area contributed by atoms with Crippen molar-refractivity contribution in [1.29, 1.82) is 5.26 Å². The van der Waals surface area contributed by atoms with Crippen molar-refractivity contribution in [2.75, 3.05) is 0 Å². The summed E-state index contributed by atoms with van der Waals surface area (Å²) in [5.74, 6) is 0. The van der Waals surface area contributed by atoms with Gasteiger partial charge in [-0.2, -0.15) is 18.4 Å². The predicted molar refractivity (Wildman–Crippen MR) is 62.6 cm³/mol. The number of nitro benzene ring substituents is 1. The standard InChI is InChI=1S/C12H6F3N3O2/c13-12(14,15)9-1-7(2-10(3-9)18(19)20)11-6-17-5-8(11)4-16/h1-3,5-6,17H. The van der Waals surface area contributed by atoms with Gasteiger partial charge in [0.15, 0.2) is 0 Å². The average molecular weight is 281 g/mol. The summed E-state index contributed by atoms with van der Waals surface area (Å²) in [6, 6.07) is 4.03. The second-order valence-corrected chi connectivity index (χ2v) is 3.92. The zero-order valence-corrected chi connectivity index (χ0v) is 9.73. The third kappa shape index (κ3) is 2.47. The molecular weight excluding hydrogens is 275 g/mol. The van der Waals surface area contributed by atoms with Crippen molar-refractivity contribution < 1.29 is 18.1 Å². The fourth-order valence-corrected chi connectivity index (χ4v) is 1.73. The summed E-state index contributed by atoms with van der Waals surface area (Å²) in [6.07, 6.45) is -2.08. The minimum absolute atomic E-state index is 0.0377. The molecular formula is C12H6F3N3O2. The minimum Gasteiger partial charge on any atom is -0.366 e. The minimum atomic E-state index is -4.70. The first-order chi connectivity index (χ1) is 9.32. The molecule has 0 amide bonds. The zero-order valence-electron chi connectivity index (χ0n) is 9.73. The number of nitro groups is 1. The van der Waals surface area contributed by atoms with Gasteiger partial charge in [0.2, 0.25) is 0 Å². The van der Waals surface area contributed by atoms with Gasteiger partial charge < -0.3 is 4.98 Å². The Morgan fingerprint density at radius 3 is 2.50 bits per heavy atom. The van der Waals surface area contributed by atoms with Gasteiger partial charge in [-0.3, -0.25) is 10.1 Å². The van der Waals surface area contributed by atoms with Gasteiger partial charge in [0.05, 0.1) is 16.1 Å². The van der Waals surface area contributed by atoms with E-state index in [1.54, 1.807) is 6.07 Å². The Morgan fingerprint density at radius 1 is 1.25 bits per heavy atom. The van der Waals surface area contributed by atoms with Crippen molar-refractivity contribution in [2.45, 2.75) is 6.18 Å². The molecule has 0 bridgehead atoms. The SMILES string of the molecule is N#Cc1c[nH]cc1-c1cc([N+](=O)[O-])cc(C(F)(F)F)c1. The summed E-state index contributed by atoms with van der Waals surface area (Å²) < 4.78 is 38.2. The fourth-order valence-electron chi connectivity index (χ4n) is 1.73. The average Bonchev–Trinajstić information content (AvgIpc) is 2.85. The first-order valence-corrected chi connectivity index (χ1v) is 5.27. The van der Waals surface area contributed by atoms with Gasteiger partial charge in [0.1, 0.15) is 6.07 Å². The van der Waals surface area contributed by atoms with Crippen LogP contribution in [0.15, 0.2) is 30.6 Å². The summed E-state index contributed by atoms with van der Waals surface area (Å²) in [4.78, 5) is 12.4. The smallest absolute Gasteiger partial charge is 0.366 e. The highest BCUT2D eigenvalue weighted by molar-refractivity contribution is 5.72. The second kappa shape index (κ2) is 4.70. The summed E-state index contributed by atoms with van der Waals surface area (Å²) in [6.45, 7) is 0. The number of hydrogen-bond acceptors (Lipinski definition) is 3. The molecule has 0 unspecified atom stereocenters. The Balaban J connectivity index is 2.68. The highest BCUT2D eigenvalue weighted by atomic mass is 19.4. The molecule has 0 saturated carbocycles.